The second-order valence-corrected chi connectivity index (χ2v) is 5.36. The molecule has 1 aromatic carbocycles. The van der Waals surface area contributed by atoms with Gasteiger partial charge in [-0.05, 0) is 49.9 Å². The van der Waals surface area contributed by atoms with Crippen LogP contribution >= 0.6 is 0 Å². The first-order valence-electron chi connectivity index (χ1n) is 4.69. The minimum Gasteiger partial charge on any atom is -0.270 e. The second kappa shape index (κ2) is 3.94. The van der Waals surface area contributed by atoms with E-state index in [-0.39, 0.29) is 0 Å². The van der Waals surface area contributed by atoms with Gasteiger partial charge in [-0.15, -0.1) is 0 Å². The molecule has 84 valence electrons. The second-order valence-electron chi connectivity index (χ2n) is 3.71. The Morgan fingerprint density at radius 2 is 1.40 bits per heavy atom. The minimum atomic E-state index is -3.60. The molecule has 15 heavy (non-hydrogen) atoms. The Balaban J connectivity index is 3.68. The van der Waals surface area contributed by atoms with Crippen LogP contribution in [0.1, 0.15) is 22.3 Å². The lowest BCUT2D eigenvalue weighted by atomic mass is 10.0. The maximum Gasteiger partial charge on any atom is 0.297 e. The highest BCUT2D eigenvalue weighted by Gasteiger charge is 2.21. The van der Waals surface area contributed by atoms with Gasteiger partial charge in [0, 0.05) is 0 Å². The van der Waals surface area contributed by atoms with Crippen LogP contribution in [0, 0.1) is 27.7 Å². The first-order chi connectivity index (χ1) is 6.81. The van der Waals surface area contributed by atoms with E-state index in [0.29, 0.717) is 4.90 Å². The van der Waals surface area contributed by atoms with E-state index in [2.05, 4.69) is 4.18 Å². The molecule has 3 nitrogen and oxygen atoms in total. The van der Waals surface area contributed by atoms with Gasteiger partial charge in [-0.1, -0.05) is 6.07 Å². The Labute approximate surface area is 91.2 Å². The first kappa shape index (κ1) is 12.2. The van der Waals surface area contributed by atoms with E-state index in [9.17, 15) is 8.42 Å². The highest BCUT2D eigenvalue weighted by atomic mass is 32.2. The van der Waals surface area contributed by atoms with Crippen LogP contribution in [-0.4, -0.2) is 15.5 Å². The van der Waals surface area contributed by atoms with Crippen LogP contribution in [0.25, 0.3) is 0 Å². The number of hydrogen-bond donors (Lipinski definition) is 0. The topological polar surface area (TPSA) is 43.4 Å². The molecule has 0 radical (unpaired) electrons. The Bertz CT molecular complexity index is 461. The van der Waals surface area contributed by atoms with Gasteiger partial charge in [-0.3, -0.25) is 4.18 Å². The summed E-state index contributed by atoms with van der Waals surface area (Å²) < 4.78 is 28.0. The fraction of sp³-hybridized carbons (Fsp3) is 0.455. The zero-order valence-corrected chi connectivity index (χ0v) is 10.5. The molecule has 1 aromatic rings. The quantitative estimate of drug-likeness (QED) is 0.729. The molecule has 0 bridgehead atoms. The normalized spacial score (nSPS) is 11.8. The average molecular weight is 228 g/mol. The SMILES string of the molecule is COS(=O)(=O)c1c(C)c(C)cc(C)c1C. The van der Waals surface area contributed by atoms with Gasteiger partial charge in [0.1, 0.15) is 4.90 Å². The Morgan fingerprint density at radius 1 is 1.00 bits per heavy atom. The summed E-state index contributed by atoms with van der Waals surface area (Å²) in [6.45, 7) is 7.40. The summed E-state index contributed by atoms with van der Waals surface area (Å²) in [7, 11) is -2.42. The molecule has 0 spiro atoms. The lowest BCUT2D eigenvalue weighted by Crippen LogP contribution is -2.09. The number of hydrogen-bond acceptors (Lipinski definition) is 3. The Hall–Kier alpha value is -0.870. The molecule has 0 amide bonds. The number of aryl methyl sites for hydroxylation is 2. The van der Waals surface area contributed by atoms with E-state index in [1.807, 2.05) is 19.9 Å². The van der Waals surface area contributed by atoms with Gasteiger partial charge in [0.2, 0.25) is 0 Å². The highest BCUT2D eigenvalue weighted by molar-refractivity contribution is 7.86. The maximum atomic E-state index is 11.7. The van der Waals surface area contributed by atoms with Gasteiger partial charge in [0.25, 0.3) is 10.1 Å². The molecular weight excluding hydrogens is 212 g/mol. The van der Waals surface area contributed by atoms with E-state index in [0.717, 1.165) is 22.3 Å². The van der Waals surface area contributed by atoms with Gasteiger partial charge >= 0.3 is 0 Å². The summed E-state index contributed by atoms with van der Waals surface area (Å²) in [4.78, 5) is 0.308. The molecule has 0 saturated heterocycles. The Kier molecular flexibility index (Phi) is 3.21. The summed E-state index contributed by atoms with van der Waals surface area (Å²) in [5.41, 5.74) is 3.46. The zero-order chi connectivity index (χ0) is 11.8. The summed E-state index contributed by atoms with van der Waals surface area (Å²) in [6.07, 6.45) is 0. The molecule has 0 aliphatic heterocycles. The maximum absolute atomic E-state index is 11.7. The highest BCUT2D eigenvalue weighted by Crippen LogP contribution is 2.26. The van der Waals surface area contributed by atoms with E-state index in [1.54, 1.807) is 13.8 Å². The number of rotatable bonds is 2. The van der Waals surface area contributed by atoms with Crippen molar-refractivity contribution < 1.29 is 12.6 Å². The van der Waals surface area contributed by atoms with Crippen LogP contribution in [-0.2, 0) is 14.3 Å². The molecule has 0 fully saturated rings. The third-order valence-electron chi connectivity index (χ3n) is 2.77. The van der Waals surface area contributed by atoms with Crippen molar-refractivity contribution in [3.05, 3.63) is 28.3 Å². The van der Waals surface area contributed by atoms with Crippen molar-refractivity contribution in [2.24, 2.45) is 0 Å². The number of benzene rings is 1. The fourth-order valence-electron chi connectivity index (χ4n) is 1.64. The van der Waals surface area contributed by atoms with E-state index >= 15 is 0 Å². The van der Waals surface area contributed by atoms with Crippen LogP contribution in [0.3, 0.4) is 0 Å². The monoisotopic (exact) mass is 228 g/mol. The molecule has 0 heterocycles. The summed E-state index contributed by atoms with van der Waals surface area (Å²) >= 11 is 0. The summed E-state index contributed by atoms with van der Waals surface area (Å²) in [5, 5.41) is 0. The third kappa shape index (κ3) is 2.06. The zero-order valence-electron chi connectivity index (χ0n) is 9.71. The lowest BCUT2D eigenvalue weighted by molar-refractivity contribution is 0.397. The van der Waals surface area contributed by atoms with E-state index in [4.69, 9.17) is 0 Å². The summed E-state index contributed by atoms with van der Waals surface area (Å²) in [5.74, 6) is 0. The molecule has 0 aliphatic rings. The molecule has 0 aliphatic carbocycles. The van der Waals surface area contributed by atoms with Crippen LogP contribution < -0.4 is 0 Å². The molecule has 0 unspecified atom stereocenters. The van der Waals surface area contributed by atoms with Crippen molar-refractivity contribution in [2.45, 2.75) is 32.6 Å². The predicted octanol–water partition coefficient (Wildman–Crippen LogP) is 2.26. The van der Waals surface area contributed by atoms with Gasteiger partial charge < -0.3 is 0 Å². The molecule has 4 heteroatoms. The Morgan fingerprint density at radius 3 is 1.73 bits per heavy atom. The smallest absolute Gasteiger partial charge is 0.270 e. The van der Waals surface area contributed by atoms with Gasteiger partial charge in [0.15, 0.2) is 0 Å². The van der Waals surface area contributed by atoms with Crippen LogP contribution in [0.4, 0.5) is 0 Å². The predicted molar refractivity (Wildman–Crippen MR) is 59.6 cm³/mol. The van der Waals surface area contributed by atoms with Crippen molar-refractivity contribution >= 4 is 10.1 Å². The molecule has 0 N–H and O–H groups in total. The minimum absolute atomic E-state index is 0.308. The molecule has 0 saturated carbocycles. The van der Waals surface area contributed by atoms with E-state index in [1.165, 1.54) is 7.11 Å². The largest absolute Gasteiger partial charge is 0.297 e. The van der Waals surface area contributed by atoms with Crippen LogP contribution in [0.5, 0.6) is 0 Å². The molecule has 1 rings (SSSR count). The van der Waals surface area contributed by atoms with Crippen molar-refractivity contribution in [3.63, 3.8) is 0 Å². The van der Waals surface area contributed by atoms with Gasteiger partial charge in [0.05, 0.1) is 7.11 Å². The van der Waals surface area contributed by atoms with Crippen LogP contribution in [0.15, 0.2) is 11.0 Å². The molecular formula is C11H16O3S. The average Bonchev–Trinajstić information content (AvgIpc) is 2.15. The standard InChI is InChI=1S/C11H16O3S/c1-7-6-8(2)10(4)11(9(7)3)15(12,13)14-5/h6H,1-5H3. The molecule has 0 aromatic heterocycles. The van der Waals surface area contributed by atoms with Crippen molar-refractivity contribution in [1.29, 1.82) is 0 Å². The fourth-order valence-corrected chi connectivity index (χ4v) is 2.88. The van der Waals surface area contributed by atoms with E-state index < -0.39 is 10.1 Å². The first-order valence-corrected chi connectivity index (χ1v) is 6.10. The third-order valence-corrected chi connectivity index (χ3v) is 4.32. The molecule has 0 atom stereocenters. The van der Waals surface area contributed by atoms with Crippen LogP contribution in [0.2, 0.25) is 0 Å². The van der Waals surface area contributed by atoms with Crippen molar-refractivity contribution in [1.82, 2.24) is 0 Å². The van der Waals surface area contributed by atoms with Crippen molar-refractivity contribution in [3.8, 4) is 0 Å². The van der Waals surface area contributed by atoms with Crippen molar-refractivity contribution in [2.75, 3.05) is 7.11 Å². The summed E-state index contributed by atoms with van der Waals surface area (Å²) in [6, 6.07) is 1.99. The van der Waals surface area contributed by atoms with Gasteiger partial charge in [-0.25, -0.2) is 0 Å². The lowest BCUT2D eigenvalue weighted by Gasteiger charge is -2.13. The van der Waals surface area contributed by atoms with Gasteiger partial charge in [-0.2, -0.15) is 8.42 Å².